The van der Waals surface area contributed by atoms with Crippen LogP contribution in [0.2, 0.25) is 0 Å². The topological polar surface area (TPSA) is 116 Å². The van der Waals surface area contributed by atoms with Crippen LogP contribution in [0.25, 0.3) is 10.2 Å². The molecule has 0 aliphatic heterocycles. The van der Waals surface area contributed by atoms with Crippen LogP contribution in [-0.2, 0) is 22.6 Å². The first-order valence-electron chi connectivity index (χ1n) is 9.37. The summed E-state index contributed by atoms with van der Waals surface area (Å²) in [5.41, 5.74) is 6.13. The number of nitrogens with two attached hydrogens (primary N) is 1. The molecule has 0 aliphatic carbocycles. The first-order valence-corrected chi connectivity index (χ1v) is 11.1. The molecule has 0 spiro atoms. The van der Waals surface area contributed by atoms with E-state index in [4.69, 9.17) is 5.73 Å². The number of anilines is 1. The third kappa shape index (κ3) is 5.54. The molecule has 1 unspecified atom stereocenters. The van der Waals surface area contributed by atoms with E-state index in [0.29, 0.717) is 35.0 Å². The number of carbonyl (C=O) groups is 2. The highest BCUT2D eigenvalue weighted by atomic mass is 32.2. The predicted octanol–water partition coefficient (Wildman–Crippen LogP) is 3.08. The molecule has 0 fully saturated rings. The average Bonchev–Trinajstić information content (AvgIpc) is 3.23. The van der Waals surface area contributed by atoms with Crippen molar-refractivity contribution in [3.05, 3.63) is 30.1 Å². The second-order valence-corrected chi connectivity index (χ2v) is 9.44. The smallest absolute Gasteiger partial charge is 0.239 e. The Balaban J connectivity index is 1.70. The lowest BCUT2D eigenvalue weighted by atomic mass is 10.2. The van der Waals surface area contributed by atoms with Crippen LogP contribution in [0.5, 0.6) is 0 Å². The van der Waals surface area contributed by atoms with Crippen molar-refractivity contribution in [3.8, 4) is 0 Å². The Morgan fingerprint density at radius 2 is 2.00 bits per heavy atom. The SMILES string of the molecule is CC(C)Cn1c(CCC(N)=O)nnc1SC(C)C(=O)Nc1nc2ccccc2s1. The molecule has 1 aromatic carbocycles. The fourth-order valence-corrected chi connectivity index (χ4v) is 4.47. The highest BCUT2D eigenvalue weighted by molar-refractivity contribution is 8.00. The molecule has 3 N–H and O–H groups in total. The number of hydrogen-bond donors (Lipinski definition) is 2. The zero-order valence-corrected chi connectivity index (χ0v) is 18.2. The van der Waals surface area contributed by atoms with E-state index in [1.54, 1.807) is 0 Å². The summed E-state index contributed by atoms with van der Waals surface area (Å²) in [6.45, 7) is 6.71. The zero-order valence-electron chi connectivity index (χ0n) is 16.6. The lowest BCUT2D eigenvalue weighted by Crippen LogP contribution is -2.23. The molecule has 0 saturated heterocycles. The number of aromatic nitrogens is 4. The van der Waals surface area contributed by atoms with Crippen molar-refractivity contribution in [1.82, 2.24) is 19.7 Å². The Morgan fingerprint density at radius 1 is 1.24 bits per heavy atom. The molecule has 154 valence electrons. The summed E-state index contributed by atoms with van der Waals surface area (Å²) in [5.74, 6) is 0.553. The molecule has 1 atom stereocenters. The average molecular weight is 433 g/mol. The Kier molecular flexibility index (Phi) is 6.86. The van der Waals surface area contributed by atoms with Gasteiger partial charge in [0.05, 0.1) is 15.5 Å². The number of benzene rings is 1. The molecule has 0 saturated carbocycles. The van der Waals surface area contributed by atoms with E-state index in [-0.39, 0.29) is 23.5 Å². The molecular formula is C19H24N6O2S2. The quantitative estimate of drug-likeness (QED) is 0.502. The standard InChI is InChI=1S/C19H24N6O2S2/c1-11(2)10-25-16(9-8-15(20)26)23-24-19(25)28-12(3)17(27)22-18-21-13-6-4-5-7-14(13)29-18/h4-7,11-12H,8-10H2,1-3H3,(H2,20,26)(H,21,22,27). The second-order valence-electron chi connectivity index (χ2n) is 7.11. The maximum absolute atomic E-state index is 12.7. The third-order valence-electron chi connectivity index (χ3n) is 4.11. The van der Waals surface area contributed by atoms with E-state index in [1.807, 2.05) is 35.8 Å². The monoisotopic (exact) mass is 432 g/mol. The molecule has 2 heterocycles. The lowest BCUT2D eigenvalue weighted by molar-refractivity contribution is -0.118. The van der Waals surface area contributed by atoms with Crippen LogP contribution in [0.15, 0.2) is 29.4 Å². The first-order chi connectivity index (χ1) is 13.8. The van der Waals surface area contributed by atoms with Crippen molar-refractivity contribution in [2.45, 2.75) is 50.6 Å². The van der Waals surface area contributed by atoms with E-state index in [1.165, 1.54) is 23.1 Å². The number of para-hydroxylation sites is 1. The van der Waals surface area contributed by atoms with Crippen molar-refractivity contribution in [2.75, 3.05) is 5.32 Å². The molecule has 10 heteroatoms. The number of thiazole rings is 1. The van der Waals surface area contributed by atoms with E-state index in [0.717, 1.165) is 10.2 Å². The summed E-state index contributed by atoms with van der Waals surface area (Å²) in [5, 5.41) is 12.2. The maximum atomic E-state index is 12.7. The number of carbonyl (C=O) groups excluding carboxylic acids is 2. The van der Waals surface area contributed by atoms with E-state index >= 15 is 0 Å². The van der Waals surface area contributed by atoms with Gasteiger partial charge in [0.15, 0.2) is 10.3 Å². The predicted molar refractivity (Wildman–Crippen MR) is 116 cm³/mol. The van der Waals surface area contributed by atoms with Crippen molar-refractivity contribution in [2.24, 2.45) is 11.7 Å². The minimum atomic E-state index is -0.388. The van der Waals surface area contributed by atoms with Crippen LogP contribution in [0.3, 0.4) is 0 Å². The molecule has 0 aliphatic rings. The van der Waals surface area contributed by atoms with Gasteiger partial charge in [-0.1, -0.05) is 49.1 Å². The Morgan fingerprint density at radius 3 is 2.69 bits per heavy atom. The fourth-order valence-electron chi connectivity index (χ4n) is 2.72. The van der Waals surface area contributed by atoms with E-state index in [2.05, 4.69) is 34.3 Å². The van der Waals surface area contributed by atoms with Gasteiger partial charge in [-0.05, 0) is 25.0 Å². The van der Waals surface area contributed by atoms with Gasteiger partial charge in [-0.2, -0.15) is 0 Å². The molecule has 2 aromatic heterocycles. The van der Waals surface area contributed by atoms with Crippen molar-refractivity contribution in [3.63, 3.8) is 0 Å². The number of nitrogens with one attached hydrogen (secondary N) is 1. The van der Waals surface area contributed by atoms with Gasteiger partial charge in [-0.25, -0.2) is 4.98 Å². The molecule has 0 bridgehead atoms. The van der Waals surface area contributed by atoms with Crippen molar-refractivity contribution >= 4 is 50.3 Å². The van der Waals surface area contributed by atoms with Crippen LogP contribution in [0.1, 0.15) is 33.0 Å². The molecule has 29 heavy (non-hydrogen) atoms. The van der Waals surface area contributed by atoms with Gasteiger partial charge in [0.25, 0.3) is 0 Å². The van der Waals surface area contributed by atoms with Crippen LogP contribution in [0.4, 0.5) is 5.13 Å². The number of thioether (sulfide) groups is 1. The number of hydrogen-bond acceptors (Lipinski definition) is 7. The van der Waals surface area contributed by atoms with E-state index in [9.17, 15) is 9.59 Å². The fraction of sp³-hybridized carbons (Fsp3) is 0.421. The lowest BCUT2D eigenvalue weighted by Gasteiger charge is -2.14. The highest BCUT2D eigenvalue weighted by Crippen LogP contribution is 2.28. The zero-order chi connectivity index (χ0) is 21.0. The maximum Gasteiger partial charge on any atom is 0.239 e. The van der Waals surface area contributed by atoms with Gasteiger partial charge in [-0.3, -0.25) is 9.59 Å². The normalized spacial score (nSPS) is 12.4. The number of primary amides is 1. The van der Waals surface area contributed by atoms with Crippen LogP contribution >= 0.6 is 23.1 Å². The first kappa shape index (κ1) is 21.3. The van der Waals surface area contributed by atoms with Crippen LogP contribution in [0, 0.1) is 5.92 Å². The Bertz CT molecular complexity index is 980. The molecule has 0 radical (unpaired) electrons. The number of fused-ring (bicyclic) bond motifs is 1. The molecule has 2 amide bonds. The van der Waals surface area contributed by atoms with Gasteiger partial charge in [0, 0.05) is 19.4 Å². The number of rotatable bonds is 9. The summed E-state index contributed by atoms with van der Waals surface area (Å²) in [4.78, 5) is 28.2. The minimum Gasteiger partial charge on any atom is -0.370 e. The summed E-state index contributed by atoms with van der Waals surface area (Å²) in [6.07, 6.45) is 0.649. The summed E-state index contributed by atoms with van der Waals surface area (Å²) < 4.78 is 3.00. The highest BCUT2D eigenvalue weighted by Gasteiger charge is 2.22. The minimum absolute atomic E-state index is 0.146. The molecular weight excluding hydrogens is 408 g/mol. The summed E-state index contributed by atoms with van der Waals surface area (Å²) in [6, 6.07) is 7.76. The molecule has 8 nitrogen and oxygen atoms in total. The van der Waals surface area contributed by atoms with Crippen LogP contribution in [-0.4, -0.2) is 36.8 Å². The summed E-state index contributed by atoms with van der Waals surface area (Å²) in [7, 11) is 0. The largest absolute Gasteiger partial charge is 0.370 e. The number of nitrogens with zero attached hydrogens (tertiary/aromatic N) is 4. The van der Waals surface area contributed by atoms with Gasteiger partial charge < -0.3 is 15.6 Å². The number of aryl methyl sites for hydroxylation is 1. The van der Waals surface area contributed by atoms with Crippen molar-refractivity contribution < 1.29 is 9.59 Å². The van der Waals surface area contributed by atoms with Gasteiger partial charge in [0.1, 0.15) is 5.82 Å². The summed E-state index contributed by atoms with van der Waals surface area (Å²) >= 11 is 2.78. The number of amides is 2. The third-order valence-corrected chi connectivity index (χ3v) is 6.14. The van der Waals surface area contributed by atoms with Gasteiger partial charge in [0.2, 0.25) is 11.8 Å². The van der Waals surface area contributed by atoms with E-state index < -0.39 is 0 Å². The van der Waals surface area contributed by atoms with Gasteiger partial charge >= 0.3 is 0 Å². The van der Waals surface area contributed by atoms with Crippen LogP contribution < -0.4 is 11.1 Å². The molecule has 3 rings (SSSR count). The van der Waals surface area contributed by atoms with Crippen molar-refractivity contribution in [1.29, 1.82) is 0 Å². The Hall–Kier alpha value is -2.46. The molecule has 3 aromatic rings. The second kappa shape index (κ2) is 9.36. The Labute approximate surface area is 177 Å². The van der Waals surface area contributed by atoms with Gasteiger partial charge in [-0.15, -0.1) is 10.2 Å².